The molecule has 2 aromatic carbocycles. The molecule has 0 bridgehead atoms. The molecule has 160 valence electrons. The fourth-order valence-corrected chi connectivity index (χ4v) is 4.39. The zero-order valence-electron chi connectivity index (χ0n) is 17.4. The summed E-state index contributed by atoms with van der Waals surface area (Å²) in [5.74, 6) is 1.99. The number of benzene rings is 2. The molecule has 0 saturated carbocycles. The van der Waals surface area contributed by atoms with Gasteiger partial charge in [-0.25, -0.2) is 9.78 Å². The standard InChI is InChI=1S/C23H23N3O4S/c1-29-20-5-3-4-17-18(24-16-8-6-15(7-9-16)23(28)30-2)14-19(25-21(17)20)22(27)26-10-12-31-13-11-26/h3-9,14H,10-13H2,1-2H3,(H,24,25). The Bertz CT molecular complexity index is 1110. The highest BCUT2D eigenvalue weighted by Gasteiger charge is 2.22. The molecule has 0 radical (unpaired) electrons. The Balaban J connectivity index is 1.74. The predicted molar refractivity (Wildman–Crippen MR) is 123 cm³/mol. The summed E-state index contributed by atoms with van der Waals surface area (Å²) in [7, 11) is 2.94. The smallest absolute Gasteiger partial charge is 0.337 e. The molecule has 3 aromatic rings. The van der Waals surface area contributed by atoms with Crippen LogP contribution in [0, 0.1) is 0 Å². The van der Waals surface area contributed by atoms with Gasteiger partial charge in [0.2, 0.25) is 0 Å². The number of hydrogen-bond donors (Lipinski definition) is 1. The molecule has 1 N–H and O–H groups in total. The summed E-state index contributed by atoms with van der Waals surface area (Å²) in [6, 6.07) is 14.4. The Hall–Kier alpha value is -3.26. The highest BCUT2D eigenvalue weighted by Crippen LogP contribution is 2.32. The van der Waals surface area contributed by atoms with E-state index in [0.717, 1.165) is 28.3 Å². The minimum atomic E-state index is -0.391. The number of esters is 1. The topological polar surface area (TPSA) is 80.8 Å². The van der Waals surface area contributed by atoms with Crippen molar-refractivity contribution in [3.05, 3.63) is 59.8 Å². The lowest BCUT2D eigenvalue weighted by atomic mass is 10.1. The quantitative estimate of drug-likeness (QED) is 0.605. The number of thioether (sulfide) groups is 1. The molecule has 8 heteroatoms. The van der Waals surface area contributed by atoms with E-state index in [1.54, 1.807) is 37.4 Å². The first-order valence-electron chi connectivity index (χ1n) is 9.91. The van der Waals surface area contributed by atoms with Crippen LogP contribution in [0.4, 0.5) is 11.4 Å². The van der Waals surface area contributed by atoms with E-state index < -0.39 is 5.97 Å². The van der Waals surface area contributed by atoms with Crippen LogP contribution in [-0.2, 0) is 4.74 Å². The van der Waals surface area contributed by atoms with Gasteiger partial charge in [-0.05, 0) is 36.4 Å². The summed E-state index contributed by atoms with van der Waals surface area (Å²) >= 11 is 1.85. The van der Waals surface area contributed by atoms with Gasteiger partial charge in [-0.2, -0.15) is 11.8 Å². The number of amides is 1. The number of pyridine rings is 1. The van der Waals surface area contributed by atoms with E-state index in [-0.39, 0.29) is 5.91 Å². The number of para-hydroxylation sites is 1. The molecule has 0 aliphatic carbocycles. The molecule has 4 rings (SSSR count). The summed E-state index contributed by atoms with van der Waals surface area (Å²) in [5.41, 5.74) is 2.97. The van der Waals surface area contributed by atoms with Crippen molar-refractivity contribution in [3.8, 4) is 5.75 Å². The maximum absolute atomic E-state index is 13.1. The Kier molecular flexibility index (Phi) is 6.27. The first-order valence-corrected chi connectivity index (χ1v) is 11.1. The normalized spacial score (nSPS) is 13.7. The van der Waals surface area contributed by atoms with Gasteiger partial charge in [0.15, 0.2) is 0 Å². The van der Waals surface area contributed by atoms with Crippen molar-refractivity contribution in [1.82, 2.24) is 9.88 Å². The number of aromatic nitrogens is 1. The first-order chi connectivity index (χ1) is 15.1. The average molecular weight is 438 g/mol. The van der Waals surface area contributed by atoms with E-state index >= 15 is 0 Å². The van der Waals surface area contributed by atoms with Crippen LogP contribution in [0.5, 0.6) is 5.75 Å². The lowest BCUT2D eigenvalue weighted by Crippen LogP contribution is -2.38. The average Bonchev–Trinajstić information content (AvgIpc) is 2.83. The van der Waals surface area contributed by atoms with Crippen LogP contribution >= 0.6 is 11.8 Å². The van der Waals surface area contributed by atoms with Gasteiger partial charge in [-0.15, -0.1) is 0 Å². The molecule has 2 heterocycles. The molecule has 0 unspecified atom stereocenters. The molecule has 1 saturated heterocycles. The largest absolute Gasteiger partial charge is 0.494 e. The number of rotatable bonds is 5. The Morgan fingerprint density at radius 1 is 1.06 bits per heavy atom. The Morgan fingerprint density at radius 2 is 1.81 bits per heavy atom. The van der Waals surface area contributed by atoms with Gasteiger partial charge in [-0.1, -0.05) is 12.1 Å². The van der Waals surface area contributed by atoms with E-state index in [1.807, 2.05) is 34.9 Å². The monoisotopic (exact) mass is 437 g/mol. The van der Waals surface area contributed by atoms with Crippen molar-refractivity contribution in [2.24, 2.45) is 0 Å². The molecule has 1 aliphatic rings. The third-order valence-electron chi connectivity index (χ3n) is 5.12. The fraction of sp³-hybridized carbons (Fsp3) is 0.261. The number of nitrogens with one attached hydrogen (secondary N) is 1. The molecule has 0 atom stereocenters. The number of carbonyl (C=O) groups is 2. The van der Waals surface area contributed by atoms with E-state index in [9.17, 15) is 9.59 Å². The van der Waals surface area contributed by atoms with Crippen LogP contribution in [0.25, 0.3) is 10.9 Å². The van der Waals surface area contributed by atoms with Gasteiger partial charge in [0, 0.05) is 35.7 Å². The van der Waals surface area contributed by atoms with Gasteiger partial charge in [0.05, 0.1) is 25.5 Å². The SMILES string of the molecule is COC(=O)c1ccc(Nc2cc(C(=O)N3CCSCC3)nc3c(OC)cccc23)cc1. The summed E-state index contributed by atoms with van der Waals surface area (Å²) in [6.07, 6.45) is 0. The van der Waals surface area contributed by atoms with Crippen LogP contribution in [0.15, 0.2) is 48.5 Å². The van der Waals surface area contributed by atoms with Crippen LogP contribution in [0.3, 0.4) is 0 Å². The summed E-state index contributed by atoms with van der Waals surface area (Å²) < 4.78 is 10.2. The molecule has 1 aromatic heterocycles. The fourth-order valence-electron chi connectivity index (χ4n) is 3.49. The Labute approximate surface area is 184 Å². The molecule has 1 aliphatic heterocycles. The van der Waals surface area contributed by atoms with Gasteiger partial charge >= 0.3 is 5.97 Å². The van der Waals surface area contributed by atoms with Crippen LogP contribution < -0.4 is 10.1 Å². The molecule has 31 heavy (non-hydrogen) atoms. The van der Waals surface area contributed by atoms with Crippen molar-refractivity contribution in [2.45, 2.75) is 0 Å². The number of nitrogens with zero attached hydrogens (tertiary/aromatic N) is 2. The minimum Gasteiger partial charge on any atom is -0.494 e. The zero-order valence-corrected chi connectivity index (χ0v) is 18.2. The second-order valence-corrected chi connectivity index (χ2v) is 8.23. The number of methoxy groups -OCH3 is 2. The van der Waals surface area contributed by atoms with Crippen molar-refractivity contribution in [2.75, 3.05) is 44.1 Å². The summed E-state index contributed by atoms with van der Waals surface area (Å²) in [6.45, 7) is 1.43. The Morgan fingerprint density at radius 3 is 2.48 bits per heavy atom. The van der Waals surface area contributed by atoms with Crippen LogP contribution in [0.2, 0.25) is 0 Å². The number of fused-ring (bicyclic) bond motifs is 1. The maximum atomic E-state index is 13.1. The minimum absolute atomic E-state index is 0.0859. The third kappa shape index (κ3) is 4.44. The predicted octanol–water partition coefficient (Wildman–Crippen LogP) is 3.96. The van der Waals surface area contributed by atoms with Gasteiger partial charge in [0.1, 0.15) is 17.0 Å². The van der Waals surface area contributed by atoms with Crippen molar-refractivity contribution >= 4 is 45.9 Å². The number of hydrogen-bond acceptors (Lipinski definition) is 7. The number of anilines is 2. The van der Waals surface area contributed by atoms with Gasteiger partial charge < -0.3 is 19.7 Å². The molecular weight excluding hydrogens is 414 g/mol. The van der Waals surface area contributed by atoms with Gasteiger partial charge in [0.25, 0.3) is 5.91 Å². The highest BCUT2D eigenvalue weighted by atomic mass is 32.2. The lowest BCUT2D eigenvalue weighted by Gasteiger charge is -2.26. The van der Waals surface area contributed by atoms with Crippen LogP contribution in [-0.4, -0.2) is 60.6 Å². The molecule has 1 fully saturated rings. The van der Waals surface area contributed by atoms with E-state index in [2.05, 4.69) is 10.3 Å². The third-order valence-corrected chi connectivity index (χ3v) is 6.07. The summed E-state index contributed by atoms with van der Waals surface area (Å²) in [4.78, 5) is 31.3. The summed E-state index contributed by atoms with van der Waals surface area (Å²) in [5, 5.41) is 4.19. The molecular formula is C23H23N3O4S. The van der Waals surface area contributed by atoms with Crippen molar-refractivity contribution < 1.29 is 19.1 Å². The molecule has 1 amide bonds. The molecule has 7 nitrogen and oxygen atoms in total. The van der Waals surface area contributed by atoms with Crippen LogP contribution in [0.1, 0.15) is 20.8 Å². The van der Waals surface area contributed by atoms with E-state index in [1.165, 1.54) is 7.11 Å². The lowest BCUT2D eigenvalue weighted by molar-refractivity contribution is 0.0600. The van der Waals surface area contributed by atoms with E-state index in [4.69, 9.17) is 9.47 Å². The van der Waals surface area contributed by atoms with E-state index in [0.29, 0.717) is 35.6 Å². The second-order valence-electron chi connectivity index (χ2n) is 7.01. The highest BCUT2D eigenvalue weighted by molar-refractivity contribution is 7.99. The zero-order chi connectivity index (χ0) is 21.8. The second kappa shape index (κ2) is 9.26. The van der Waals surface area contributed by atoms with Crippen molar-refractivity contribution in [1.29, 1.82) is 0 Å². The van der Waals surface area contributed by atoms with Crippen molar-refractivity contribution in [3.63, 3.8) is 0 Å². The first kappa shape index (κ1) is 21.0. The number of carbonyl (C=O) groups excluding carboxylic acids is 2. The number of ether oxygens (including phenoxy) is 2. The maximum Gasteiger partial charge on any atom is 0.337 e. The van der Waals surface area contributed by atoms with Gasteiger partial charge in [-0.3, -0.25) is 4.79 Å². The molecule has 0 spiro atoms.